The number of carbonyl (C=O) groups excluding carboxylic acids is 1. The van der Waals surface area contributed by atoms with E-state index in [0.29, 0.717) is 36.2 Å². The van der Waals surface area contributed by atoms with Crippen LogP contribution in [-0.2, 0) is 17.9 Å². The molecule has 0 bridgehead atoms. The lowest BCUT2D eigenvalue weighted by molar-refractivity contribution is -0.117. The summed E-state index contributed by atoms with van der Waals surface area (Å²) in [4.78, 5) is 14.0. The van der Waals surface area contributed by atoms with Crippen molar-refractivity contribution in [2.24, 2.45) is 0 Å². The molecule has 152 valence electrons. The molecule has 2 aromatic carbocycles. The zero-order valence-electron chi connectivity index (χ0n) is 16.8. The normalized spacial score (nSPS) is 10.8. The van der Waals surface area contributed by atoms with E-state index in [4.69, 9.17) is 14.0 Å². The van der Waals surface area contributed by atoms with Crippen LogP contribution in [0.25, 0.3) is 0 Å². The van der Waals surface area contributed by atoms with E-state index in [-0.39, 0.29) is 12.5 Å². The molecule has 0 saturated carbocycles. The molecule has 0 fully saturated rings. The number of carbonyl (C=O) groups is 1. The van der Waals surface area contributed by atoms with Crippen molar-refractivity contribution in [1.82, 2.24) is 10.1 Å². The van der Waals surface area contributed by atoms with Crippen LogP contribution < -0.4 is 14.8 Å². The maximum absolute atomic E-state index is 12.1. The second-order valence-electron chi connectivity index (χ2n) is 6.80. The molecule has 1 N–H and O–H groups in total. The van der Waals surface area contributed by atoms with Crippen molar-refractivity contribution in [1.29, 1.82) is 0 Å². The molecule has 0 saturated heterocycles. The van der Waals surface area contributed by atoms with E-state index in [1.54, 1.807) is 20.1 Å². The third kappa shape index (κ3) is 6.08. The van der Waals surface area contributed by atoms with Crippen LogP contribution >= 0.6 is 0 Å². The highest BCUT2D eigenvalue weighted by Gasteiger charge is 2.12. The van der Waals surface area contributed by atoms with Crippen molar-refractivity contribution in [3.05, 3.63) is 71.5 Å². The Hall–Kier alpha value is -3.32. The largest absolute Gasteiger partial charge is 0.493 e. The topological polar surface area (TPSA) is 76.8 Å². The zero-order chi connectivity index (χ0) is 20.6. The van der Waals surface area contributed by atoms with Gasteiger partial charge in [-0.2, -0.15) is 0 Å². The number of nitrogens with one attached hydrogen (secondary N) is 1. The molecule has 29 heavy (non-hydrogen) atoms. The van der Waals surface area contributed by atoms with Gasteiger partial charge >= 0.3 is 0 Å². The van der Waals surface area contributed by atoms with Gasteiger partial charge in [-0.3, -0.25) is 9.69 Å². The first-order valence-electron chi connectivity index (χ1n) is 9.29. The highest BCUT2D eigenvalue weighted by molar-refractivity contribution is 5.91. The summed E-state index contributed by atoms with van der Waals surface area (Å²) in [7, 11) is 3.49. The molecule has 0 spiro atoms. The molecule has 0 aliphatic rings. The minimum Gasteiger partial charge on any atom is -0.493 e. The average molecular weight is 395 g/mol. The molecule has 3 rings (SSSR count). The van der Waals surface area contributed by atoms with Crippen LogP contribution in [0.1, 0.15) is 16.9 Å². The number of hydrogen-bond acceptors (Lipinski definition) is 6. The van der Waals surface area contributed by atoms with Gasteiger partial charge < -0.3 is 19.3 Å². The molecule has 0 atom stereocenters. The van der Waals surface area contributed by atoms with Gasteiger partial charge in [-0.25, -0.2) is 0 Å². The number of aryl methyl sites for hydroxylation is 1. The summed E-state index contributed by atoms with van der Waals surface area (Å²) in [5.74, 6) is 2.25. The smallest absolute Gasteiger partial charge is 0.239 e. The number of amides is 1. The zero-order valence-corrected chi connectivity index (χ0v) is 16.8. The van der Waals surface area contributed by atoms with Crippen LogP contribution in [0.2, 0.25) is 0 Å². The maximum Gasteiger partial charge on any atom is 0.239 e. The number of rotatable bonds is 9. The van der Waals surface area contributed by atoms with E-state index in [1.807, 2.05) is 60.5 Å². The molecule has 1 aromatic heterocycles. The van der Waals surface area contributed by atoms with Crippen molar-refractivity contribution in [3.63, 3.8) is 0 Å². The van der Waals surface area contributed by atoms with Crippen molar-refractivity contribution in [2.45, 2.75) is 20.1 Å². The number of nitrogens with zero attached hydrogens (tertiary/aromatic N) is 2. The molecule has 1 amide bonds. The molecular weight excluding hydrogens is 370 g/mol. The Kier molecular flexibility index (Phi) is 6.86. The Bertz CT molecular complexity index is 940. The minimum absolute atomic E-state index is 0.157. The van der Waals surface area contributed by atoms with E-state index >= 15 is 0 Å². The van der Waals surface area contributed by atoms with E-state index in [9.17, 15) is 4.79 Å². The van der Waals surface area contributed by atoms with Crippen molar-refractivity contribution in [3.8, 4) is 11.5 Å². The standard InChI is InChI=1S/C22H25N3O4/c1-16-11-21(24-29-16)23-22(26)14-25(2)13-18-9-10-19(20(12-18)27-3)28-15-17-7-5-4-6-8-17/h4-12H,13-15H2,1-3H3,(H,23,24,26). The molecule has 1 heterocycles. The number of methoxy groups -OCH3 is 1. The van der Waals surface area contributed by atoms with Crippen molar-refractivity contribution >= 4 is 11.7 Å². The molecule has 7 heteroatoms. The van der Waals surface area contributed by atoms with E-state index in [0.717, 1.165) is 11.1 Å². The van der Waals surface area contributed by atoms with Gasteiger partial charge in [0.05, 0.1) is 13.7 Å². The van der Waals surface area contributed by atoms with E-state index < -0.39 is 0 Å². The number of aromatic nitrogens is 1. The third-order valence-electron chi connectivity index (χ3n) is 4.23. The van der Waals surface area contributed by atoms with Crippen LogP contribution in [0.15, 0.2) is 59.1 Å². The van der Waals surface area contributed by atoms with Crippen LogP contribution in [0.3, 0.4) is 0 Å². The summed E-state index contributed by atoms with van der Waals surface area (Å²) < 4.78 is 16.3. The van der Waals surface area contributed by atoms with Crippen LogP contribution in [0.5, 0.6) is 11.5 Å². The van der Waals surface area contributed by atoms with Gasteiger partial charge in [0.15, 0.2) is 17.3 Å². The molecule has 0 unspecified atom stereocenters. The maximum atomic E-state index is 12.1. The second kappa shape index (κ2) is 9.75. The lowest BCUT2D eigenvalue weighted by atomic mass is 10.2. The van der Waals surface area contributed by atoms with Crippen molar-refractivity contribution in [2.75, 3.05) is 26.0 Å². The molecule has 3 aromatic rings. The summed E-state index contributed by atoms with van der Waals surface area (Å²) in [5, 5.41) is 6.48. The summed E-state index contributed by atoms with van der Waals surface area (Å²) in [6.07, 6.45) is 0. The first kappa shape index (κ1) is 20.4. The van der Waals surface area contributed by atoms with E-state index in [2.05, 4.69) is 10.5 Å². The van der Waals surface area contributed by atoms with E-state index in [1.165, 1.54) is 0 Å². The summed E-state index contributed by atoms with van der Waals surface area (Å²) in [6, 6.07) is 17.4. The second-order valence-corrected chi connectivity index (χ2v) is 6.80. The van der Waals surface area contributed by atoms with Crippen LogP contribution in [0, 0.1) is 6.92 Å². The number of likely N-dealkylation sites (N-methyl/N-ethyl adjacent to an activating group) is 1. The summed E-state index contributed by atoms with van der Waals surface area (Å²) in [6.45, 7) is 3.05. The SMILES string of the molecule is COc1cc(CN(C)CC(=O)Nc2cc(C)on2)ccc1OCc1ccccc1. The third-order valence-corrected chi connectivity index (χ3v) is 4.23. The molecular formula is C22H25N3O4. The number of hydrogen-bond donors (Lipinski definition) is 1. The van der Waals surface area contributed by atoms with Crippen LogP contribution in [-0.4, -0.2) is 36.7 Å². The summed E-state index contributed by atoms with van der Waals surface area (Å²) in [5.41, 5.74) is 2.10. The highest BCUT2D eigenvalue weighted by Crippen LogP contribution is 2.29. The first-order valence-corrected chi connectivity index (χ1v) is 9.29. The average Bonchev–Trinajstić information content (AvgIpc) is 3.11. The predicted molar refractivity (Wildman–Crippen MR) is 110 cm³/mol. The lowest BCUT2D eigenvalue weighted by Crippen LogP contribution is -2.29. The van der Waals surface area contributed by atoms with Gasteiger partial charge in [0.25, 0.3) is 0 Å². The Morgan fingerprint density at radius 1 is 1.10 bits per heavy atom. The van der Waals surface area contributed by atoms with Gasteiger partial charge in [0, 0.05) is 12.6 Å². The Labute approximate surface area is 170 Å². The molecule has 7 nitrogen and oxygen atoms in total. The van der Waals surface area contributed by atoms with Gasteiger partial charge in [0.1, 0.15) is 12.4 Å². The predicted octanol–water partition coefficient (Wildman–Crippen LogP) is 3.64. The minimum atomic E-state index is -0.157. The summed E-state index contributed by atoms with van der Waals surface area (Å²) >= 11 is 0. The Morgan fingerprint density at radius 3 is 2.59 bits per heavy atom. The number of anilines is 1. The van der Waals surface area contributed by atoms with Gasteiger partial charge in [-0.1, -0.05) is 41.6 Å². The molecule has 0 aliphatic heterocycles. The monoisotopic (exact) mass is 395 g/mol. The Morgan fingerprint density at radius 2 is 1.90 bits per heavy atom. The lowest BCUT2D eigenvalue weighted by Gasteiger charge is -2.17. The molecule has 0 aliphatic carbocycles. The van der Waals surface area contributed by atoms with Gasteiger partial charge in [-0.15, -0.1) is 0 Å². The quantitative estimate of drug-likeness (QED) is 0.596. The highest BCUT2D eigenvalue weighted by atomic mass is 16.5. The fourth-order valence-corrected chi connectivity index (χ4v) is 2.89. The van der Waals surface area contributed by atoms with Crippen molar-refractivity contribution < 1.29 is 18.8 Å². The fourth-order valence-electron chi connectivity index (χ4n) is 2.89. The van der Waals surface area contributed by atoms with Gasteiger partial charge in [0.2, 0.25) is 5.91 Å². The van der Waals surface area contributed by atoms with Gasteiger partial charge in [-0.05, 0) is 37.2 Å². The fraction of sp³-hybridized carbons (Fsp3) is 0.273. The number of benzene rings is 2. The number of ether oxygens (including phenoxy) is 2. The first-order chi connectivity index (χ1) is 14.0. The molecule has 0 radical (unpaired) electrons. The van der Waals surface area contributed by atoms with Crippen LogP contribution in [0.4, 0.5) is 5.82 Å². The Balaban J connectivity index is 1.55.